The molecule has 1 unspecified atom stereocenters. The molecule has 2 aromatic rings. The van der Waals surface area contributed by atoms with Crippen LogP contribution in [-0.2, 0) is 16.0 Å². The second-order valence-corrected chi connectivity index (χ2v) is 6.49. The summed E-state index contributed by atoms with van der Waals surface area (Å²) in [5, 5.41) is 21.6. The van der Waals surface area contributed by atoms with Crippen molar-refractivity contribution in [2.24, 2.45) is 0 Å². The quantitative estimate of drug-likeness (QED) is 0.708. The normalized spacial score (nSPS) is 13.7. The van der Waals surface area contributed by atoms with E-state index in [1.807, 2.05) is 13.0 Å². The van der Waals surface area contributed by atoms with E-state index in [2.05, 4.69) is 0 Å². The molecule has 0 aliphatic heterocycles. The van der Waals surface area contributed by atoms with Crippen LogP contribution in [0.15, 0.2) is 24.3 Å². The number of hydrogen-bond acceptors (Lipinski definition) is 6. The summed E-state index contributed by atoms with van der Waals surface area (Å²) in [5.41, 5.74) is 1.93. The summed E-state index contributed by atoms with van der Waals surface area (Å²) in [7, 11) is 2.86. The highest BCUT2D eigenvalue weighted by Gasteiger charge is 2.30. The first kappa shape index (κ1) is 19.7. The number of aromatic nitrogens is 1. The smallest absolute Gasteiger partial charge is 0.307 e. The topological polar surface area (TPSA) is 90.2 Å². The second kappa shape index (κ2) is 8.29. The van der Waals surface area contributed by atoms with Gasteiger partial charge in [0.05, 0.1) is 33.3 Å². The second-order valence-electron chi connectivity index (χ2n) is 6.49. The van der Waals surface area contributed by atoms with Gasteiger partial charge in [0, 0.05) is 11.1 Å². The van der Waals surface area contributed by atoms with Crippen molar-refractivity contribution in [3.63, 3.8) is 0 Å². The van der Waals surface area contributed by atoms with E-state index in [-0.39, 0.29) is 18.2 Å². The molecule has 0 saturated carbocycles. The van der Waals surface area contributed by atoms with E-state index >= 15 is 0 Å². The van der Waals surface area contributed by atoms with Crippen LogP contribution in [0.3, 0.4) is 0 Å². The van der Waals surface area contributed by atoms with Gasteiger partial charge in [-0.3, -0.25) is 9.36 Å². The molecule has 0 radical (unpaired) electrons. The number of aromatic hydroxyl groups is 2. The van der Waals surface area contributed by atoms with Crippen LogP contribution < -0.4 is 9.47 Å². The predicted octanol–water partition coefficient (Wildman–Crippen LogP) is 3.42. The van der Waals surface area contributed by atoms with Gasteiger partial charge >= 0.3 is 5.97 Å². The molecule has 3 rings (SSSR count). The number of benzene rings is 1. The van der Waals surface area contributed by atoms with Crippen LogP contribution in [0.5, 0.6) is 23.3 Å². The molecule has 0 fully saturated rings. The molecule has 1 aromatic heterocycles. The lowest BCUT2D eigenvalue weighted by atomic mass is 10.0. The largest absolute Gasteiger partial charge is 0.494 e. The maximum Gasteiger partial charge on any atom is 0.307 e. The van der Waals surface area contributed by atoms with Crippen LogP contribution in [-0.4, -0.2) is 41.6 Å². The molecule has 7 nitrogen and oxygen atoms in total. The van der Waals surface area contributed by atoms with Gasteiger partial charge in [0.15, 0.2) is 17.4 Å². The van der Waals surface area contributed by atoms with E-state index in [4.69, 9.17) is 14.2 Å². The molecular formula is C21H25NO6. The minimum atomic E-state index is -0.670. The van der Waals surface area contributed by atoms with Crippen molar-refractivity contribution in [1.29, 1.82) is 0 Å². The van der Waals surface area contributed by atoms with E-state index in [0.29, 0.717) is 41.2 Å². The Hall–Kier alpha value is -3.09. The lowest BCUT2D eigenvalue weighted by Gasteiger charge is -2.22. The summed E-state index contributed by atoms with van der Waals surface area (Å²) < 4.78 is 17.2. The van der Waals surface area contributed by atoms with Crippen LogP contribution in [0.2, 0.25) is 0 Å². The summed E-state index contributed by atoms with van der Waals surface area (Å²) in [6.45, 7) is 2.31. The maximum absolute atomic E-state index is 12.1. The number of methoxy groups -OCH3 is 2. The number of rotatable bonds is 7. The number of ether oxygens (including phenoxy) is 3. The Morgan fingerprint density at radius 1 is 1.21 bits per heavy atom. The van der Waals surface area contributed by atoms with Gasteiger partial charge in [0.25, 0.3) is 0 Å². The number of allylic oxidation sites excluding steroid dienone is 1. The standard InChI is InChI=1S/C21H25NO6/c1-4-28-18-11-13(9-10-17(18)26-2)16(12-19(23)27-3)22-20(24)14-7-5-6-8-15(14)21(22)25/h5,7,9-11,16,24-25H,4,6,8,12H2,1-3H3. The highest BCUT2D eigenvalue weighted by molar-refractivity contribution is 5.71. The van der Waals surface area contributed by atoms with Crippen LogP contribution in [0.25, 0.3) is 6.08 Å². The molecule has 0 spiro atoms. The molecular weight excluding hydrogens is 362 g/mol. The average molecular weight is 387 g/mol. The zero-order valence-corrected chi connectivity index (χ0v) is 16.3. The van der Waals surface area contributed by atoms with Crippen LogP contribution >= 0.6 is 0 Å². The van der Waals surface area contributed by atoms with Crippen LogP contribution in [0.1, 0.15) is 42.5 Å². The Balaban J connectivity index is 2.14. The minimum Gasteiger partial charge on any atom is -0.494 e. The molecule has 1 aliphatic rings. The summed E-state index contributed by atoms with van der Waals surface area (Å²) in [5.74, 6) is 0.504. The number of carbonyl (C=O) groups excluding carboxylic acids is 1. The summed E-state index contributed by atoms with van der Waals surface area (Å²) in [6, 6.07) is 4.60. The summed E-state index contributed by atoms with van der Waals surface area (Å²) in [4.78, 5) is 12.1. The van der Waals surface area contributed by atoms with Crippen molar-refractivity contribution >= 4 is 12.0 Å². The van der Waals surface area contributed by atoms with Crippen LogP contribution in [0, 0.1) is 0 Å². The fourth-order valence-electron chi connectivity index (χ4n) is 3.54. The third kappa shape index (κ3) is 3.52. The van der Waals surface area contributed by atoms with E-state index in [0.717, 1.165) is 6.42 Å². The lowest BCUT2D eigenvalue weighted by Crippen LogP contribution is -2.16. The van der Waals surface area contributed by atoms with Gasteiger partial charge in [-0.05, 0) is 37.5 Å². The summed E-state index contributed by atoms with van der Waals surface area (Å²) in [6.07, 6.45) is 5.08. The van der Waals surface area contributed by atoms with Gasteiger partial charge in [-0.1, -0.05) is 18.2 Å². The Bertz CT molecular complexity index is 899. The molecule has 1 aromatic carbocycles. The van der Waals surface area contributed by atoms with E-state index in [1.54, 1.807) is 31.4 Å². The van der Waals surface area contributed by atoms with Crippen LogP contribution in [0.4, 0.5) is 0 Å². The Labute approximate surface area is 163 Å². The highest BCUT2D eigenvalue weighted by atomic mass is 16.5. The van der Waals surface area contributed by atoms with Crippen molar-refractivity contribution in [2.75, 3.05) is 20.8 Å². The van der Waals surface area contributed by atoms with E-state index < -0.39 is 12.0 Å². The predicted molar refractivity (Wildman–Crippen MR) is 104 cm³/mol. The lowest BCUT2D eigenvalue weighted by molar-refractivity contribution is -0.141. The summed E-state index contributed by atoms with van der Waals surface area (Å²) >= 11 is 0. The molecule has 7 heteroatoms. The molecule has 1 atom stereocenters. The van der Waals surface area contributed by atoms with Gasteiger partial charge in [-0.25, -0.2) is 0 Å². The third-order valence-corrected chi connectivity index (χ3v) is 4.91. The monoisotopic (exact) mass is 387 g/mol. The number of hydrogen-bond donors (Lipinski definition) is 2. The first-order valence-corrected chi connectivity index (χ1v) is 9.20. The van der Waals surface area contributed by atoms with E-state index in [9.17, 15) is 15.0 Å². The van der Waals surface area contributed by atoms with Crippen molar-refractivity contribution in [2.45, 2.75) is 32.2 Å². The number of nitrogens with zero attached hydrogens (tertiary/aromatic N) is 1. The molecule has 0 saturated heterocycles. The molecule has 1 aliphatic carbocycles. The highest BCUT2D eigenvalue weighted by Crippen LogP contribution is 2.44. The zero-order chi connectivity index (χ0) is 20.3. The first-order valence-electron chi connectivity index (χ1n) is 9.20. The first-order chi connectivity index (χ1) is 13.5. The number of esters is 1. The Morgan fingerprint density at radius 2 is 2.00 bits per heavy atom. The molecule has 0 bridgehead atoms. The third-order valence-electron chi connectivity index (χ3n) is 4.91. The molecule has 0 amide bonds. The number of fused-ring (bicyclic) bond motifs is 1. The molecule has 2 N–H and O–H groups in total. The van der Waals surface area contributed by atoms with Gasteiger partial charge in [-0.15, -0.1) is 0 Å². The average Bonchev–Trinajstić information content (AvgIpc) is 2.97. The SMILES string of the molecule is CCOc1cc(C(CC(=O)OC)n2c(O)c3c(c2O)CCC=C3)ccc1OC. The molecule has 1 heterocycles. The minimum absolute atomic E-state index is 0.0421. The number of carbonyl (C=O) groups is 1. The fraction of sp³-hybridized carbons (Fsp3) is 0.381. The van der Waals surface area contributed by atoms with Crippen molar-refractivity contribution in [3.8, 4) is 23.3 Å². The zero-order valence-electron chi connectivity index (χ0n) is 16.3. The van der Waals surface area contributed by atoms with Crippen molar-refractivity contribution in [1.82, 2.24) is 4.57 Å². The molecule has 28 heavy (non-hydrogen) atoms. The fourth-order valence-corrected chi connectivity index (χ4v) is 3.54. The van der Waals surface area contributed by atoms with Crippen molar-refractivity contribution < 1.29 is 29.2 Å². The van der Waals surface area contributed by atoms with Gasteiger partial charge < -0.3 is 24.4 Å². The van der Waals surface area contributed by atoms with Crippen molar-refractivity contribution in [3.05, 3.63) is 41.0 Å². The van der Waals surface area contributed by atoms with Gasteiger partial charge in [-0.2, -0.15) is 0 Å². The van der Waals surface area contributed by atoms with Gasteiger partial charge in [0.1, 0.15) is 0 Å². The molecule has 150 valence electrons. The van der Waals surface area contributed by atoms with E-state index in [1.165, 1.54) is 11.7 Å². The Morgan fingerprint density at radius 3 is 2.64 bits per heavy atom. The van der Waals surface area contributed by atoms with Gasteiger partial charge in [0.2, 0.25) is 5.88 Å². The Kier molecular flexibility index (Phi) is 5.82. The maximum atomic E-state index is 12.1.